The van der Waals surface area contributed by atoms with E-state index in [0.29, 0.717) is 18.2 Å². The molecule has 7 nitrogen and oxygen atoms in total. The van der Waals surface area contributed by atoms with Crippen LogP contribution in [0.5, 0.6) is 0 Å². The van der Waals surface area contributed by atoms with Crippen molar-refractivity contribution in [2.45, 2.75) is 70.6 Å². The van der Waals surface area contributed by atoms with Crippen LogP contribution in [-0.2, 0) is 4.74 Å². The molecule has 1 aliphatic rings. The molecular weight excluding hydrogens is 274 g/mol. The summed E-state index contributed by atoms with van der Waals surface area (Å²) in [5, 5.41) is 16.7. The third-order valence-corrected chi connectivity index (χ3v) is 3.17. The molecule has 7 heteroatoms. The maximum Gasteiger partial charge on any atom is 0.407 e. The number of hydrogen-bond acceptors (Lipinski definition) is 6. The number of alkyl carbamates (subject to hydrolysis) is 1. The van der Waals surface area contributed by atoms with Crippen LogP contribution in [0.25, 0.3) is 0 Å². The highest BCUT2D eigenvalue weighted by Gasteiger charge is 2.32. The monoisotopic (exact) mass is 297 g/mol. The van der Waals surface area contributed by atoms with Crippen LogP contribution in [0.3, 0.4) is 0 Å². The number of aliphatic hydroxyl groups excluding tert-OH is 1. The number of amides is 1. The van der Waals surface area contributed by atoms with E-state index in [-0.39, 0.29) is 5.82 Å². The summed E-state index contributed by atoms with van der Waals surface area (Å²) in [5.41, 5.74) is -0.585. The van der Waals surface area contributed by atoms with E-state index in [1.54, 1.807) is 20.8 Å². The molecule has 1 unspecified atom stereocenters. The first-order valence-electron chi connectivity index (χ1n) is 7.31. The fourth-order valence-electron chi connectivity index (χ4n) is 1.91. The predicted molar refractivity (Wildman–Crippen MR) is 74.7 cm³/mol. The van der Waals surface area contributed by atoms with Crippen molar-refractivity contribution in [2.75, 3.05) is 0 Å². The Balaban J connectivity index is 1.96. The minimum absolute atomic E-state index is 0.208. The molecule has 0 aliphatic heterocycles. The fraction of sp³-hybridized carbons (Fsp3) is 0.786. The second-order valence-electron chi connectivity index (χ2n) is 6.37. The van der Waals surface area contributed by atoms with Crippen molar-refractivity contribution >= 4 is 6.09 Å². The van der Waals surface area contributed by atoms with Gasteiger partial charge >= 0.3 is 6.09 Å². The van der Waals surface area contributed by atoms with Crippen molar-refractivity contribution in [1.82, 2.24) is 15.5 Å². The standard InChI is InChI=1S/C14H23N3O4/c1-5-9(15-13(19)20-14(2,3)4)10(18)11-16-12(21-17-11)8-6-7-8/h8-10,18H,5-7H2,1-4H3,(H,15,19)/t9-,10?/m0/s1. The first-order chi connectivity index (χ1) is 9.80. The Morgan fingerprint density at radius 3 is 2.71 bits per heavy atom. The van der Waals surface area contributed by atoms with Crippen molar-refractivity contribution in [3.8, 4) is 0 Å². The maximum atomic E-state index is 11.8. The molecular formula is C14H23N3O4. The van der Waals surface area contributed by atoms with E-state index in [4.69, 9.17) is 9.26 Å². The lowest BCUT2D eigenvalue weighted by Gasteiger charge is -2.24. The van der Waals surface area contributed by atoms with Crippen LogP contribution in [0.15, 0.2) is 4.52 Å². The average Bonchev–Trinajstić information content (AvgIpc) is 3.11. The molecule has 0 spiro atoms. The van der Waals surface area contributed by atoms with Gasteiger partial charge in [-0.15, -0.1) is 0 Å². The molecule has 1 fully saturated rings. The number of aliphatic hydroxyl groups is 1. The molecule has 1 aromatic heterocycles. The summed E-state index contributed by atoms with van der Waals surface area (Å²) in [7, 11) is 0. The van der Waals surface area contributed by atoms with Crippen molar-refractivity contribution in [3.63, 3.8) is 0 Å². The zero-order chi connectivity index (χ0) is 15.6. The van der Waals surface area contributed by atoms with Crippen LogP contribution in [0, 0.1) is 0 Å². The first kappa shape index (κ1) is 15.8. The van der Waals surface area contributed by atoms with E-state index in [1.807, 2.05) is 6.92 Å². The summed E-state index contributed by atoms with van der Waals surface area (Å²) in [5.74, 6) is 1.10. The van der Waals surface area contributed by atoms with Gasteiger partial charge in [0.15, 0.2) is 0 Å². The summed E-state index contributed by atoms with van der Waals surface area (Å²) in [6.45, 7) is 7.20. The second kappa shape index (κ2) is 6.01. The van der Waals surface area contributed by atoms with Gasteiger partial charge in [-0.25, -0.2) is 4.79 Å². The molecule has 118 valence electrons. The van der Waals surface area contributed by atoms with E-state index in [0.717, 1.165) is 12.8 Å². The Labute approximate surface area is 124 Å². The van der Waals surface area contributed by atoms with Crippen LogP contribution in [0.1, 0.15) is 70.7 Å². The van der Waals surface area contributed by atoms with Crippen LogP contribution in [0.2, 0.25) is 0 Å². The van der Waals surface area contributed by atoms with E-state index in [1.165, 1.54) is 0 Å². The van der Waals surface area contributed by atoms with E-state index in [9.17, 15) is 9.90 Å². The summed E-state index contributed by atoms with van der Waals surface area (Å²) in [6.07, 6.45) is 1.03. The molecule has 21 heavy (non-hydrogen) atoms. The van der Waals surface area contributed by atoms with Gasteiger partial charge in [0.2, 0.25) is 11.7 Å². The summed E-state index contributed by atoms with van der Waals surface area (Å²) >= 11 is 0. The molecule has 0 bridgehead atoms. The highest BCUT2D eigenvalue weighted by molar-refractivity contribution is 5.68. The Bertz CT molecular complexity index is 491. The topological polar surface area (TPSA) is 97.5 Å². The lowest BCUT2D eigenvalue weighted by atomic mass is 10.1. The lowest BCUT2D eigenvalue weighted by molar-refractivity contribution is 0.0406. The molecule has 1 aliphatic carbocycles. The molecule has 2 rings (SSSR count). The van der Waals surface area contributed by atoms with Crippen LogP contribution in [0.4, 0.5) is 4.79 Å². The maximum absolute atomic E-state index is 11.8. The van der Waals surface area contributed by atoms with Crippen molar-refractivity contribution < 1.29 is 19.2 Å². The predicted octanol–water partition coefficient (Wildman–Crippen LogP) is 2.28. The van der Waals surface area contributed by atoms with Gasteiger partial charge in [0.25, 0.3) is 0 Å². The zero-order valence-electron chi connectivity index (χ0n) is 12.9. The van der Waals surface area contributed by atoms with Gasteiger partial charge in [0.1, 0.15) is 11.7 Å². The number of rotatable bonds is 5. The van der Waals surface area contributed by atoms with E-state index >= 15 is 0 Å². The number of aromatic nitrogens is 2. The Hall–Kier alpha value is -1.63. The van der Waals surface area contributed by atoms with Gasteiger partial charge in [0, 0.05) is 5.92 Å². The van der Waals surface area contributed by atoms with Gasteiger partial charge in [0.05, 0.1) is 6.04 Å². The second-order valence-corrected chi connectivity index (χ2v) is 6.37. The van der Waals surface area contributed by atoms with E-state index < -0.39 is 23.8 Å². The smallest absolute Gasteiger partial charge is 0.407 e. The average molecular weight is 297 g/mol. The zero-order valence-corrected chi connectivity index (χ0v) is 12.9. The molecule has 1 amide bonds. The number of ether oxygens (including phenoxy) is 1. The quantitative estimate of drug-likeness (QED) is 0.865. The Morgan fingerprint density at radius 2 is 2.19 bits per heavy atom. The van der Waals surface area contributed by atoms with Crippen LogP contribution >= 0.6 is 0 Å². The molecule has 0 aromatic carbocycles. The number of carbonyl (C=O) groups is 1. The van der Waals surface area contributed by atoms with E-state index in [2.05, 4.69) is 15.5 Å². The lowest BCUT2D eigenvalue weighted by Crippen LogP contribution is -2.42. The summed E-state index contributed by atoms with van der Waals surface area (Å²) < 4.78 is 10.3. The Kier molecular flexibility index (Phi) is 4.51. The van der Waals surface area contributed by atoms with Gasteiger partial charge in [-0.1, -0.05) is 12.1 Å². The molecule has 2 atom stereocenters. The number of nitrogens with one attached hydrogen (secondary N) is 1. The largest absolute Gasteiger partial charge is 0.444 e. The van der Waals surface area contributed by atoms with Gasteiger partial charge in [-0.2, -0.15) is 4.98 Å². The first-order valence-corrected chi connectivity index (χ1v) is 7.31. The summed E-state index contributed by atoms with van der Waals surface area (Å²) in [6, 6.07) is -0.524. The van der Waals surface area contributed by atoms with Crippen molar-refractivity contribution in [2.24, 2.45) is 0 Å². The third kappa shape index (κ3) is 4.42. The van der Waals surface area contributed by atoms with Crippen LogP contribution < -0.4 is 5.32 Å². The number of nitrogens with zero attached hydrogens (tertiary/aromatic N) is 2. The SMILES string of the molecule is CC[C@H](NC(=O)OC(C)(C)C)C(O)c1noc(C2CC2)n1. The number of carbonyl (C=O) groups excluding carboxylic acids is 1. The normalized spacial score (nSPS) is 18.1. The third-order valence-electron chi connectivity index (χ3n) is 3.17. The fourth-order valence-corrected chi connectivity index (χ4v) is 1.91. The molecule has 2 N–H and O–H groups in total. The highest BCUT2D eigenvalue weighted by atomic mass is 16.6. The molecule has 0 radical (unpaired) electrons. The van der Waals surface area contributed by atoms with Gasteiger partial charge in [-0.05, 0) is 40.0 Å². The molecule has 1 heterocycles. The number of hydrogen-bond donors (Lipinski definition) is 2. The van der Waals surface area contributed by atoms with Gasteiger partial charge < -0.3 is 19.7 Å². The Morgan fingerprint density at radius 1 is 1.52 bits per heavy atom. The molecule has 1 saturated carbocycles. The highest BCUT2D eigenvalue weighted by Crippen LogP contribution is 2.39. The minimum atomic E-state index is -1.02. The van der Waals surface area contributed by atoms with Crippen LogP contribution in [-0.4, -0.2) is 33.0 Å². The van der Waals surface area contributed by atoms with Crippen molar-refractivity contribution in [1.29, 1.82) is 0 Å². The minimum Gasteiger partial charge on any atom is -0.444 e. The molecule has 1 aromatic rings. The summed E-state index contributed by atoms with van der Waals surface area (Å²) in [4.78, 5) is 16.0. The van der Waals surface area contributed by atoms with Gasteiger partial charge in [-0.3, -0.25) is 0 Å². The molecule has 0 saturated heterocycles. The van der Waals surface area contributed by atoms with Crippen molar-refractivity contribution in [3.05, 3.63) is 11.7 Å².